The summed E-state index contributed by atoms with van der Waals surface area (Å²) in [7, 11) is 0. The van der Waals surface area contributed by atoms with Gasteiger partial charge in [-0.3, -0.25) is 0 Å². The number of rotatable bonds is 5. The maximum Gasteiger partial charge on any atom is 0.173 e. The van der Waals surface area contributed by atoms with Crippen LogP contribution < -0.4 is 5.32 Å². The predicted molar refractivity (Wildman–Crippen MR) is 109 cm³/mol. The molecule has 138 valence electrons. The van der Waals surface area contributed by atoms with E-state index < -0.39 is 11.7 Å². The van der Waals surface area contributed by atoms with Crippen molar-refractivity contribution in [1.29, 1.82) is 0 Å². The highest BCUT2D eigenvalue weighted by molar-refractivity contribution is 7.80. The average Bonchev–Trinajstić information content (AvgIpc) is 2.65. The molecule has 1 saturated carbocycles. The Balaban J connectivity index is 1.77. The Morgan fingerprint density at radius 1 is 1.08 bits per heavy atom. The molecule has 26 heavy (non-hydrogen) atoms. The molecule has 0 radical (unpaired) electrons. The van der Waals surface area contributed by atoms with E-state index in [4.69, 9.17) is 12.2 Å². The molecule has 0 aliphatic heterocycles. The summed E-state index contributed by atoms with van der Waals surface area (Å²) in [5.41, 5.74) is 0.889. The van der Waals surface area contributed by atoms with Crippen LogP contribution in [0.25, 0.3) is 0 Å². The lowest BCUT2D eigenvalue weighted by atomic mass is 9.82. The molecule has 2 aromatic carbocycles. The second-order valence-electron chi connectivity index (χ2n) is 7.00. The van der Waals surface area contributed by atoms with Gasteiger partial charge in [0.15, 0.2) is 5.11 Å². The van der Waals surface area contributed by atoms with Crippen molar-refractivity contribution in [2.24, 2.45) is 0 Å². The fourth-order valence-corrected chi connectivity index (χ4v) is 3.69. The fourth-order valence-electron chi connectivity index (χ4n) is 3.45. The summed E-state index contributed by atoms with van der Waals surface area (Å²) in [4.78, 5) is 1.95. The Morgan fingerprint density at radius 2 is 1.73 bits per heavy atom. The monoisotopic (exact) mass is 370 g/mol. The number of benzene rings is 2. The lowest BCUT2D eigenvalue weighted by molar-refractivity contribution is -0.108. The van der Waals surface area contributed by atoms with Crippen LogP contribution in [0.2, 0.25) is 0 Å². The van der Waals surface area contributed by atoms with Gasteiger partial charge in [-0.05, 0) is 42.8 Å². The first-order chi connectivity index (χ1) is 12.6. The van der Waals surface area contributed by atoms with E-state index in [-0.39, 0.29) is 0 Å². The Kier molecular flexibility index (Phi) is 6.25. The summed E-state index contributed by atoms with van der Waals surface area (Å²) in [5.74, 6) is 0. The van der Waals surface area contributed by atoms with Gasteiger partial charge in [-0.25, -0.2) is 0 Å². The van der Waals surface area contributed by atoms with Crippen LogP contribution in [0.3, 0.4) is 0 Å². The first-order valence-corrected chi connectivity index (χ1v) is 9.53. The molecule has 0 spiro atoms. The molecule has 0 heterocycles. The number of aliphatic hydroxyl groups is 2. The zero-order valence-electron chi connectivity index (χ0n) is 14.8. The van der Waals surface area contributed by atoms with Crippen LogP contribution in [-0.4, -0.2) is 38.5 Å². The Hall–Kier alpha value is -1.95. The fraction of sp³-hybridized carbons (Fsp3) is 0.381. The SMILES string of the molecule is O[C@@H]1CCCC[C@@]1(O)CN(Cc1ccccc1)C(=S)Nc1ccccc1. The molecule has 2 aromatic rings. The molecule has 1 aliphatic rings. The van der Waals surface area contributed by atoms with E-state index in [0.29, 0.717) is 31.0 Å². The van der Waals surface area contributed by atoms with Gasteiger partial charge in [-0.1, -0.05) is 61.4 Å². The number of hydrogen-bond donors (Lipinski definition) is 3. The van der Waals surface area contributed by atoms with Gasteiger partial charge in [0.25, 0.3) is 0 Å². The van der Waals surface area contributed by atoms with E-state index in [9.17, 15) is 10.2 Å². The molecule has 0 bridgehead atoms. The van der Waals surface area contributed by atoms with Gasteiger partial charge < -0.3 is 20.4 Å². The van der Waals surface area contributed by atoms with Crippen LogP contribution in [0, 0.1) is 0 Å². The number of nitrogens with one attached hydrogen (secondary N) is 1. The second-order valence-corrected chi connectivity index (χ2v) is 7.39. The largest absolute Gasteiger partial charge is 0.390 e. The lowest BCUT2D eigenvalue weighted by Gasteiger charge is -2.41. The van der Waals surface area contributed by atoms with Crippen LogP contribution in [0.15, 0.2) is 60.7 Å². The van der Waals surface area contributed by atoms with Gasteiger partial charge in [-0.2, -0.15) is 0 Å². The molecular formula is C21H26N2O2S. The maximum absolute atomic E-state index is 11.0. The number of aliphatic hydroxyl groups excluding tert-OH is 1. The van der Waals surface area contributed by atoms with Crippen LogP contribution in [-0.2, 0) is 6.54 Å². The Morgan fingerprint density at radius 3 is 2.38 bits per heavy atom. The third-order valence-electron chi connectivity index (χ3n) is 4.95. The third-order valence-corrected chi connectivity index (χ3v) is 5.31. The number of thiocarbonyl (C=S) groups is 1. The minimum atomic E-state index is -1.13. The minimum absolute atomic E-state index is 0.307. The van der Waals surface area contributed by atoms with Gasteiger partial charge in [0.2, 0.25) is 0 Å². The molecule has 3 rings (SSSR count). The standard InChI is InChI=1S/C21H26N2O2S/c24-19-13-7-8-14-21(19,25)16-23(15-17-9-3-1-4-10-17)20(26)22-18-11-5-2-6-12-18/h1-6,9-12,19,24-25H,7-8,13-16H2,(H,22,26)/t19-,21-/m1/s1. The molecule has 4 nitrogen and oxygen atoms in total. The topological polar surface area (TPSA) is 55.7 Å². The van der Waals surface area contributed by atoms with Crippen LogP contribution >= 0.6 is 12.2 Å². The molecule has 0 saturated heterocycles. The van der Waals surface area contributed by atoms with Crippen LogP contribution in [0.4, 0.5) is 5.69 Å². The summed E-state index contributed by atoms with van der Waals surface area (Å²) in [6.45, 7) is 0.885. The normalized spacial score (nSPS) is 22.6. The van der Waals surface area contributed by atoms with Crippen molar-refractivity contribution in [3.05, 3.63) is 66.2 Å². The zero-order chi connectivity index (χ0) is 18.4. The Bertz CT molecular complexity index is 710. The van der Waals surface area contributed by atoms with Crippen molar-refractivity contribution >= 4 is 23.0 Å². The molecule has 2 atom stereocenters. The van der Waals surface area contributed by atoms with E-state index in [2.05, 4.69) is 5.32 Å². The predicted octanol–water partition coefficient (Wildman–Crippen LogP) is 3.55. The number of nitrogens with zero attached hydrogens (tertiary/aromatic N) is 1. The molecule has 0 amide bonds. The molecule has 5 heteroatoms. The summed E-state index contributed by atoms with van der Waals surface area (Å²) >= 11 is 5.64. The number of hydrogen-bond acceptors (Lipinski definition) is 3. The minimum Gasteiger partial charge on any atom is -0.390 e. The van der Waals surface area contributed by atoms with Crippen molar-refractivity contribution in [3.63, 3.8) is 0 Å². The second kappa shape index (κ2) is 8.62. The average molecular weight is 371 g/mol. The highest BCUT2D eigenvalue weighted by atomic mass is 32.1. The molecule has 1 aliphatic carbocycles. The maximum atomic E-state index is 11.0. The summed E-state index contributed by atoms with van der Waals surface area (Å²) in [5, 5.41) is 25.2. The quantitative estimate of drug-likeness (QED) is 0.703. The van der Waals surface area contributed by atoms with E-state index in [1.54, 1.807) is 0 Å². The van der Waals surface area contributed by atoms with Gasteiger partial charge in [-0.15, -0.1) is 0 Å². The Labute approximate surface area is 160 Å². The van der Waals surface area contributed by atoms with E-state index in [0.717, 1.165) is 24.1 Å². The van der Waals surface area contributed by atoms with Gasteiger partial charge in [0.1, 0.15) is 5.60 Å². The first kappa shape index (κ1) is 18.8. The van der Waals surface area contributed by atoms with E-state index in [1.165, 1.54) is 0 Å². The summed E-state index contributed by atoms with van der Waals surface area (Å²) < 4.78 is 0. The third kappa shape index (κ3) is 4.81. The highest BCUT2D eigenvalue weighted by Crippen LogP contribution is 2.30. The molecule has 1 fully saturated rings. The van der Waals surface area contributed by atoms with Crippen molar-refractivity contribution < 1.29 is 10.2 Å². The number of anilines is 1. The van der Waals surface area contributed by atoms with Crippen molar-refractivity contribution in [3.8, 4) is 0 Å². The van der Waals surface area contributed by atoms with Crippen LogP contribution in [0.1, 0.15) is 31.2 Å². The summed E-state index contributed by atoms with van der Waals surface area (Å²) in [6.07, 6.45) is 2.39. The van der Waals surface area contributed by atoms with Gasteiger partial charge >= 0.3 is 0 Å². The molecule has 0 aromatic heterocycles. The van der Waals surface area contributed by atoms with E-state index >= 15 is 0 Å². The first-order valence-electron chi connectivity index (χ1n) is 9.12. The molecular weight excluding hydrogens is 344 g/mol. The zero-order valence-corrected chi connectivity index (χ0v) is 15.7. The van der Waals surface area contributed by atoms with Crippen molar-refractivity contribution in [2.75, 3.05) is 11.9 Å². The summed E-state index contributed by atoms with van der Waals surface area (Å²) in [6, 6.07) is 19.8. The van der Waals surface area contributed by atoms with Crippen LogP contribution in [0.5, 0.6) is 0 Å². The molecule has 0 unspecified atom stereocenters. The number of para-hydroxylation sites is 1. The van der Waals surface area contributed by atoms with Gasteiger partial charge in [0, 0.05) is 12.2 Å². The van der Waals surface area contributed by atoms with Crippen molar-refractivity contribution in [2.45, 2.75) is 43.9 Å². The van der Waals surface area contributed by atoms with Gasteiger partial charge in [0.05, 0.1) is 12.6 Å². The smallest absolute Gasteiger partial charge is 0.173 e. The lowest BCUT2D eigenvalue weighted by Crippen LogP contribution is -2.54. The molecule has 3 N–H and O–H groups in total. The highest BCUT2D eigenvalue weighted by Gasteiger charge is 2.39. The van der Waals surface area contributed by atoms with Crippen molar-refractivity contribution in [1.82, 2.24) is 4.90 Å². The van der Waals surface area contributed by atoms with E-state index in [1.807, 2.05) is 65.6 Å².